The number of halogens is 3. The number of benzene rings is 3. The quantitative estimate of drug-likeness (QED) is 0.416. The molecule has 0 aromatic heterocycles. The molecule has 7 nitrogen and oxygen atoms in total. The number of nitrogens with two attached hydrogens (primary N) is 1. The highest BCUT2D eigenvalue weighted by Crippen LogP contribution is 2.38. The molecule has 3 N–H and O–H groups in total. The maximum Gasteiger partial charge on any atom is 0.245 e. The molecule has 1 heterocycles. The molecule has 1 saturated heterocycles. The van der Waals surface area contributed by atoms with Crippen LogP contribution in [0.3, 0.4) is 0 Å². The monoisotopic (exact) mass is 525 g/mol. The van der Waals surface area contributed by atoms with E-state index in [2.05, 4.69) is 5.32 Å². The van der Waals surface area contributed by atoms with Crippen LogP contribution in [0.1, 0.15) is 11.1 Å². The lowest BCUT2D eigenvalue weighted by atomic mass is 10.0. The number of amides is 1. The molecule has 2 atom stereocenters. The van der Waals surface area contributed by atoms with Gasteiger partial charge >= 0.3 is 0 Å². The van der Waals surface area contributed by atoms with E-state index in [9.17, 15) is 18.4 Å². The van der Waals surface area contributed by atoms with Crippen LogP contribution in [-0.2, 0) is 20.7 Å². The summed E-state index contributed by atoms with van der Waals surface area (Å²) in [7, 11) is 0. The minimum absolute atomic E-state index is 0.0388. The summed E-state index contributed by atoms with van der Waals surface area (Å²) in [6.45, 7) is 0.0451. The molecular formula is C28H26F3N3O4. The summed E-state index contributed by atoms with van der Waals surface area (Å²) in [6.07, 6.45) is 1.10. The van der Waals surface area contributed by atoms with Crippen molar-refractivity contribution in [3.8, 4) is 5.75 Å². The Morgan fingerprint density at radius 2 is 1.87 bits per heavy atom. The number of nitrogens with one attached hydrogen (secondary N) is 1. The summed E-state index contributed by atoms with van der Waals surface area (Å²) >= 11 is 0. The SMILES string of the molecule is NCC(=O)N(c1cc(F)ccc1Cc1ccc(F)cc1)c1cccc(F)c1OCC1CNC(C=C=O)CO1. The van der Waals surface area contributed by atoms with Gasteiger partial charge in [0, 0.05) is 12.6 Å². The van der Waals surface area contributed by atoms with Gasteiger partial charge in [0.2, 0.25) is 5.91 Å². The van der Waals surface area contributed by atoms with E-state index in [0.29, 0.717) is 12.1 Å². The predicted molar refractivity (Wildman–Crippen MR) is 135 cm³/mol. The predicted octanol–water partition coefficient (Wildman–Crippen LogP) is 3.44. The summed E-state index contributed by atoms with van der Waals surface area (Å²) in [5.41, 5.74) is 7.15. The van der Waals surface area contributed by atoms with Crippen molar-refractivity contribution < 1.29 is 32.2 Å². The second-order valence-electron chi connectivity index (χ2n) is 8.66. The molecule has 0 spiro atoms. The van der Waals surface area contributed by atoms with Crippen LogP contribution in [0.5, 0.6) is 5.75 Å². The van der Waals surface area contributed by atoms with Crippen LogP contribution in [0.15, 0.2) is 66.7 Å². The van der Waals surface area contributed by atoms with Gasteiger partial charge in [-0.15, -0.1) is 0 Å². The van der Waals surface area contributed by atoms with Gasteiger partial charge in [0.1, 0.15) is 30.3 Å². The zero-order valence-corrected chi connectivity index (χ0v) is 20.3. The maximum absolute atomic E-state index is 15.1. The summed E-state index contributed by atoms with van der Waals surface area (Å²) in [6, 6.07) is 13.5. The Morgan fingerprint density at radius 1 is 1.11 bits per heavy atom. The highest BCUT2D eigenvalue weighted by Gasteiger charge is 2.27. The van der Waals surface area contributed by atoms with Crippen molar-refractivity contribution in [2.24, 2.45) is 5.73 Å². The maximum atomic E-state index is 15.1. The number of hydrogen-bond donors (Lipinski definition) is 2. The average molecular weight is 526 g/mol. The van der Waals surface area contributed by atoms with Crippen LogP contribution >= 0.6 is 0 Å². The first-order chi connectivity index (χ1) is 18.4. The number of carbonyl (C=O) groups excluding carboxylic acids is 2. The zero-order chi connectivity index (χ0) is 27.1. The van der Waals surface area contributed by atoms with Gasteiger partial charge in [-0.1, -0.05) is 24.3 Å². The standard InChI is InChI=1S/C28H26F3N3O4/c29-20-7-4-18(5-8-20)12-19-6-9-21(30)13-26(19)34(27(36)14-32)25-3-1-2-24(31)28(25)38-17-23-15-33-22(10-11-35)16-37-23/h1-10,13,22-23,33H,12,14-17,32H2. The van der Waals surface area contributed by atoms with E-state index in [1.807, 2.05) is 0 Å². The molecule has 3 aromatic carbocycles. The van der Waals surface area contributed by atoms with Crippen LogP contribution in [-0.4, -0.2) is 50.3 Å². The Kier molecular flexibility index (Phi) is 8.93. The lowest BCUT2D eigenvalue weighted by Crippen LogP contribution is -2.47. The van der Waals surface area contributed by atoms with Crippen molar-refractivity contribution in [3.05, 3.63) is 95.3 Å². The van der Waals surface area contributed by atoms with Gasteiger partial charge in [-0.25, -0.2) is 18.0 Å². The van der Waals surface area contributed by atoms with E-state index in [1.54, 1.807) is 18.1 Å². The first-order valence-corrected chi connectivity index (χ1v) is 11.9. The lowest BCUT2D eigenvalue weighted by molar-refractivity contribution is -0.116. The second-order valence-corrected chi connectivity index (χ2v) is 8.66. The third kappa shape index (κ3) is 6.48. The summed E-state index contributed by atoms with van der Waals surface area (Å²) in [4.78, 5) is 24.8. The third-order valence-corrected chi connectivity index (χ3v) is 6.01. The van der Waals surface area contributed by atoms with Gasteiger partial charge in [0.15, 0.2) is 11.6 Å². The molecular weight excluding hydrogens is 499 g/mol. The third-order valence-electron chi connectivity index (χ3n) is 6.01. The lowest BCUT2D eigenvalue weighted by Gasteiger charge is -2.30. The van der Waals surface area contributed by atoms with Gasteiger partial charge in [0.25, 0.3) is 0 Å². The number of morpholine rings is 1. The molecule has 0 bridgehead atoms. The molecule has 10 heteroatoms. The van der Waals surface area contributed by atoms with Crippen molar-refractivity contribution in [3.63, 3.8) is 0 Å². The molecule has 1 amide bonds. The Hall–Kier alpha value is -3.95. The molecule has 1 aliphatic rings. The highest BCUT2D eigenvalue weighted by atomic mass is 19.1. The molecule has 38 heavy (non-hydrogen) atoms. The van der Waals surface area contributed by atoms with Gasteiger partial charge in [-0.05, 0) is 53.9 Å². The Labute approximate surface area is 217 Å². The van der Waals surface area contributed by atoms with Gasteiger partial charge in [-0.2, -0.15) is 0 Å². The van der Waals surface area contributed by atoms with Gasteiger partial charge in [0.05, 0.1) is 30.6 Å². The zero-order valence-electron chi connectivity index (χ0n) is 20.3. The van der Waals surface area contributed by atoms with E-state index < -0.39 is 36.0 Å². The minimum Gasteiger partial charge on any atom is -0.486 e. The van der Waals surface area contributed by atoms with Crippen LogP contribution in [0.25, 0.3) is 0 Å². The Morgan fingerprint density at radius 3 is 2.55 bits per heavy atom. The Balaban J connectivity index is 1.67. The molecule has 4 rings (SSSR count). The highest BCUT2D eigenvalue weighted by molar-refractivity contribution is 6.03. The van der Waals surface area contributed by atoms with E-state index >= 15 is 4.39 Å². The van der Waals surface area contributed by atoms with Gasteiger partial charge < -0.3 is 20.5 Å². The molecule has 198 valence electrons. The van der Waals surface area contributed by atoms with Crippen LogP contribution in [0, 0.1) is 17.5 Å². The van der Waals surface area contributed by atoms with Crippen LogP contribution in [0.4, 0.5) is 24.5 Å². The fourth-order valence-corrected chi connectivity index (χ4v) is 4.14. The van der Waals surface area contributed by atoms with Crippen LogP contribution in [0.2, 0.25) is 0 Å². The minimum atomic E-state index is -0.737. The second kappa shape index (κ2) is 12.5. The molecule has 1 aliphatic heterocycles. The largest absolute Gasteiger partial charge is 0.486 e. The molecule has 3 aromatic rings. The number of nitrogens with zero attached hydrogens (tertiary/aromatic N) is 1. The summed E-state index contributed by atoms with van der Waals surface area (Å²) in [5, 5.41) is 3.09. The van der Waals surface area contributed by atoms with Crippen LogP contribution < -0.4 is 20.7 Å². The molecule has 2 unspecified atom stereocenters. The van der Waals surface area contributed by atoms with E-state index in [-0.39, 0.29) is 42.8 Å². The van der Waals surface area contributed by atoms with E-state index in [0.717, 1.165) is 16.5 Å². The normalized spacial score (nSPS) is 16.9. The van der Waals surface area contributed by atoms with Gasteiger partial charge in [-0.3, -0.25) is 9.69 Å². The first kappa shape index (κ1) is 27.1. The molecule has 0 radical (unpaired) electrons. The number of para-hydroxylation sites is 1. The topological polar surface area (TPSA) is 93.9 Å². The fraction of sp³-hybridized carbons (Fsp3) is 0.250. The average Bonchev–Trinajstić information content (AvgIpc) is 2.92. The van der Waals surface area contributed by atoms with Crippen molar-refractivity contribution in [1.82, 2.24) is 5.32 Å². The fourth-order valence-electron chi connectivity index (χ4n) is 4.14. The summed E-state index contributed by atoms with van der Waals surface area (Å²) < 4.78 is 54.4. The smallest absolute Gasteiger partial charge is 0.245 e. The number of carbonyl (C=O) groups is 1. The molecule has 0 saturated carbocycles. The Bertz CT molecular complexity index is 1320. The van der Waals surface area contributed by atoms with E-state index in [1.165, 1.54) is 48.5 Å². The molecule has 1 fully saturated rings. The number of hydrogen-bond acceptors (Lipinski definition) is 6. The molecule has 0 aliphatic carbocycles. The van der Waals surface area contributed by atoms with Crippen molar-refractivity contribution in [2.45, 2.75) is 18.6 Å². The van der Waals surface area contributed by atoms with E-state index in [4.69, 9.17) is 15.2 Å². The first-order valence-electron chi connectivity index (χ1n) is 11.9. The number of anilines is 2. The van der Waals surface area contributed by atoms with Crippen molar-refractivity contribution >= 4 is 23.2 Å². The summed E-state index contributed by atoms with van der Waals surface area (Å²) in [5.74, 6) is -0.897. The number of ether oxygens (including phenoxy) is 2. The van der Waals surface area contributed by atoms with Crippen molar-refractivity contribution in [1.29, 1.82) is 0 Å². The number of rotatable bonds is 9. The van der Waals surface area contributed by atoms with Crippen molar-refractivity contribution in [2.75, 3.05) is 31.2 Å².